The lowest BCUT2D eigenvalue weighted by molar-refractivity contribution is -0.00288. The molecule has 1 unspecified atom stereocenters. The van der Waals surface area contributed by atoms with Gasteiger partial charge in [-0.1, -0.05) is 18.2 Å². The minimum atomic E-state index is -4.41. The molecule has 18 heavy (non-hydrogen) atoms. The van der Waals surface area contributed by atoms with E-state index in [4.69, 9.17) is 10.1 Å². The number of hydrogen-bond donors (Lipinski definition) is 1. The Bertz CT molecular complexity index is 700. The van der Waals surface area contributed by atoms with Gasteiger partial charge in [0.1, 0.15) is 10.8 Å². The summed E-state index contributed by atoms with van der Waals surface area (Å²) in [5, 5.41) is -1.37. The molecule has 0 aliphatic heterocycles. The zero-order chi connectivity index (χ0) is 13.3. The summed E-state index contributed by atoms with van der Waals surface area (Å²) in [5.74, 6) is 0. The highest BCUT2D eigenvalue weighted by atomic mass is 32.2. The van der Waals surface area contributed by atoms with Gasteiger partial charge in [-0.05, 0) is 17.7 Å². The van der Waals surface area contributed by atoms with Gasteiger partial charge in [-0.2, -0.15) is 13.2 Å². The molecular weight excluding hydrogens is 256 g/mol. The van der Waals surface area contributed by atoms with Crippen molar-refractivity contribution in [3.8, 4) is 0 Å². The van der Waals surface area contributed by atoms with Gasteiger partial charge in [0.2, 0.25) is 6.29 Å². The Labute approximate surface area is 103 Å². The van der Waals surface area contributed by atoms with E-state index in [1.165, 1.54) is 18.4 Å². The third kappa shape index (κ3) is 1.91. The van der Waals surface area contributed by atoms with Crippen LogP contribution in [0.2, 0.25) is 0 Å². The quantitative estimate of drug-likeness (QED) is 0.481. The summed E-state index contributed by atoms with van der Waals surface area (Å²) < 4.78 is 31.7. The molecule has 1 radical (unpaired) electrons. The number of hydrogen-bond acceptors (Lipinski definition) is 3. The van der Waals surface area contributed by atoms with E-state index in [9.17, 15) is 13.2 Å². The van der Waals surface area contributed by atoms with Crippen molar-refractivity contribution < 1.29 is 22.6 Å². The van der Waals surface area contributed by atoms with Crippen molar-refractivity contribution in [2.75, 3.05) is 0 Å². The van der Waals surface area contributed by atoms with Gasteiger partial charge in [0.25, 0.3) is 10.1 Å². The molecule has 7 heteroatoms. The molecule has 0 heterocycles. The van der Waals surface area contributed by atoms with Gasteiger partial charge >= 0.3 is 5.71 Å². The first-order chi connectivity index (χ1) is 8.49. The van der Waals surface area contributed by atoms with Crippen LogP contribution < -0.4 is 0 Å². The number of nitrogens with zero attached hydrogens (tertiary/aromatic N) is 2. The minimum Gasteiger partial charge on any atom is -0.361 e. The molecule has 1 aliphatic rings. The van der Waals surface area contributed by atoms with Crippen LogP contribution in [0.4, 0.5) is 0 Å². The zero-order valence-electron chi connectivity index (χ0n) is 8.94. The summed E-state index contributed by atoms with van der Waals surface area (Å²) in [5.41, 5.74) is 9.12. The summed E-state index contributed by atoms with van der Waals surface area (Å²) in [4.78, 5) is 13.7. The summed E-state index contributed by atoms with van der Waals surface area (Å²) in [6.45, 7) is 0. The monoisotopic (exact) mass is 263 g/mol. The Balaban J connectivity index is 2.81. The molecule has 0 spiro atoms. The van der Waals surface area contributed by atoms with Crippen LogP contribution in [0.1, 0.15) is 16.4 Å². The lowest BCUT2D eigenvalue weighted by Crippen LogP contribution is -2.22. The highest BCUT2D eigenvalue weighted by Crippen LogP contribution is 2.32. The fourth-order valence-corrected chi connectivity index (χ4v) is 2.70. The van der Waals surface area contributed by atoms with Crippen LogP contribution in [0.5, 0.6) is 0 Å². The topological polar surface area (TPSA) is 108 Å². The zero-order valence-corrected chi connectivity index (χ0v) is 9.76. The van der Waals surface area contributed by atoms with Crippen LogP contribution in [-0.4, -0.2) is 29.8 Å². The molecule has 1 N–H and O–H groups in total. The SMILES string of the molecule is [N-]=[N+]=C1C([C]=O)=CC(S(=O)(=O)O)c2ccccc21. The van der Waals surface area contributed by atoms with Gasteiger partial charge < -0.3 is 5.53 Å². The third-order valence-electron chi connectivity index (χ3n) is 2.63. The van der Waals surface area contributed by atoms with E-state index < -0.39 is 15.4 Å². The van der Waals surface area contributed by atoms with Crippen molar-refractivity contribution in [1.29, 1.82) is 0 Å². The average molecular weight is 263 g/mol. The average Bonchev–Trinajstić information content (AvgIpc) is 2.35. The summed E-state index contributed by atoms with van der Waals surface area (Å²) >= 11 is 0. The predicted molar refractivity (Wildman–Crippen MR) is 62.2 cm³/mol. The normalized spacial score (nSPS) is 18.6. The molecule has 0 aromatic heterocycles. The summed E-state index contributed by atoms with van der Waals surface area (Å²) in [6.07, 6.45) is 2.49. The lowest BCUT2D eigenvalue weighted by atomic mass is 9.90. The molecule has 1 aliphatic carbocycles. The van der Waals surface area contributed by atoms with Crippen LogP contribution in [0.15, 0.2) is 35.9 Å². The molecule has 0 saturated carbocycles. The van der Waals surface area contributed by atoms with Gasteiger partial charge in [-0.15, -0.1) is 0 Å². The largest absolute Gasteiger partial charge is 0.361 e. The first kappa shape index (κ1) is 12.4. The highest BCUT2D eigenvalue weighted by Gasteiger charge is 2.36. The standard InChI is InChI=1S/C11H7N2O4S/c12-13-11-7(6-14)5-10(18(15,16)17)8-3-1-2-4-9(8)11/h1-5,10H,(H,15,16,17). The Morgan fingerprint density at radius 3 is 2.56 bits per heavy atom. The van der Waals surface area contributed by atoms with Gasteiger partial charge in [0, 0.05) is 0 Å². The molecule has 6 nitrogen and oxygen atoms in total. The van der Waals surface area contributed by atoms with Crippen LogP contribution >= 0.6 is 0 Å². The van der Waals surface area contributed by atoms with E-state index in [-0.39, 0.29) is 22.4 Å². The smallest absolute Gasteiger partial charge is 0.333 e. The van der Waals surface area contributed by atoms with E-state index in [1.807, 2.05) is 0 Å². The molecule has 0 amide bonds. The second-order valence-electron chi connectivity index (χ2n) is 3.65. The third-order valence-corrected chi connectivity index (χ3v) is 3.66. The summed E-state index contributed by atoms with van der Waals surface area (Å²) in [6, 6.07) is 6.14. The van der Waals surface area contributed by atoms with Gasteiger partial charge in [-0.3, -0.25) is 9.35 Å². The highest BCUT2D eigenvalue weighted by molar-refractivity contribution is 7.86. The second-order valence-corrected chi connectivity index (χ2v) is 5.19. The summed E-state index contributed by atoms with van der Waals surface area (Å²) in [7, 11) is -4.41. The van der Waals surface area contributed by atoms with Crippen LogP contribution in [0, 0.1) is 0 Å². The predicted octanol–water partition coefficient (Wildman–Crippen LogP) is 0.684. The van der Waals surface area contributed by atoms with E-state index in [0.717, 1.165) is 6.08 Å². The first-order valence-corrected chi connectivity index (χ1v) is 6.37. The first-order valence-electron chi connectivity index (χ1n) is 4.87. The molecule has 2 rings (SSSR count). The van der Waals surface area contributed by atoms with Gasteiger partial charge in [-0.25, -0.2) is 0 Å². The Morgan fingerprint density at radius 2 is 2.00 bits per heavy atom. The molecule has 1 aromatic carbocycles. The van der Waals surface area contributed by atoms with Crippen molar-refractivity contribution in [3.63, 3.8) is 0 Å². The van der Waals surface area contributed by atoms with Crippen molar-refractivity contribution >= 4 is 22.1 Å². The number of benzene rings is 1. The lowest BCUT2D eigenvalue weighted by Gasteiger charge is -2.17. The van der Waals surface area contributed by atoms with Crippen molar-refractivity contribution in [1.82, 2.24) is 0 Å². The molecule has 91 valence electrons. The molecule has 0 bridgehead atoms. The molecule has 0 fully saturated rings. The van der Waals surface area contributed by atoms with Crippen molar-refractivity contribution in [2.45, 2.75) is 5.25 Å². The fraction of sp³-hybridized carbons (Fsp3) is 0.0909. The van der Waals surface area contributed by atoms with Crippen molar-refractivity contribution in [2.24, 2.45) is 0 Å². The van der Waals surface area contributed by atoms with E-state index >= 15 is 0 Å². The second kappa shape index (κ2) is 4.30. The number of carbonyl (C=O) groups excluding carboxylic acids is 1. The molecule has 0 saturated heterocycles. The van der Waals surface area contributed by atoms with Gasteiger partial charge in [0.05, 0.1) is 5.56 Å². The van der Waals surface area contributed by atoms with Crippen LogP contribution in [0.25, 0.3) is 5.53 Å². The van der Waals surface area contributed by atoms with Crippen LogP contribution in [-0.2, 0) is 14.9 Å². The Morgan fingerprint density at radius 1 is 1.33 bits per heavy atom. The number of rotatable bonds is 2. The molecule has 1 aromatic rings. The molecular formula is C11H7N2O4S. The van der Waals surface area contributed by atoms with E-state index in [2.05, 4.69) is 4.79 Å². The van der Waals surface area contributed by atoms with E-state index in [1.54, 1.807) is 12.1 Å². The minimum absolute atomic E-state index is 0.0690. The van der Waals surface area contributed by atoms with Crippen LogP contribution in [0.3, 0.4) is 0 Å². The molecule has 1 atom stereocenters. The maximum absolute atomic E-state index is 11.3. The Kier molecular flexibility index (Phi) is 2.96. The van der Waals surface area contributed by atoms with Crippen molar-refractivity contribution in [3.05, 3.63) is 52.6 Å². The van der Waals surface area contributed by atoms with E-state index in [0.29, 0.717) is 0 Å². The maximum Gasteiger partial charge on any atom is 0.333 e. The fourth-order valence-electron chi connectivity index (χ4n) is 1.86. The van der Waals surface area contributed by atoms with Gasteiger partial charge in [0.15, 0.2) is 0 Å². The number of fused-ring (bicyclic) bond motifs is 1. The number of allylic oxidation sites excluding steroid dienone is 1. The maximum atomic E-state index is 11.3. The Hall–Kier alpha value is -2.08.